The SMILES string of the molecule is CCCC1CCCCN1Cc1cc(C(N)=O)cs1. The maximum absolute atomic E-state index is 11.1. The van der Waals surface area contributed by atoms with E-state index in [1.54, 1.807) is 11.3 Å². The van der Waals surface area contributed by atoms with Crippen LogP contribution in [0, 0.1) is 0 Å². The largest absolute Gasteiger partial charge is 0.366 e. The van der Waals surface area contributed by atoms with Crippen molar-refractivity contribution in [1.82, 2.24) is 4.90 Å². The molecule has 100 valence electrons. The summed E-state index contributed by atoms with van der Waals surface area (Å²) in [6, 6.07) is 2.67. The summed E-state index contributed by atoms with van der Waals surface area (Å²) in [5.41, 5.74) is 5.94. The molecule has 1 aromatic rings. The number of primary amides is 1. The van der Waals surface area contributed by atoms with Crippen LogP contribution in [0.3, 0.4) is 0 Å². The maximum atomic E-state index is 11.1. The van der Waals surface area contributed by atoms with E-state index in [9.17, 15) is 4.79 Å². The molecule has 1 atom stereocenters. The van der Waals surface area contributed by atoms with Gasteiger partial charge in [0.05, 0.1) is 5.56 Å². The van der Waals surface area contributed by atoms with Crippen LogP contribution in [0.5, 0.6) is 0 Å². The van der Waals surface area contributed by atoms with E-state index in [1.165, 1.54) is 43.5 Å². The second kappa shape index (κ2) is 6.34. The highest BCUT2D eigenvalue weighted by Gasteiger charge is 2.22. The molecule has 2 heterocycles. The summed E-state index contributed by atoms with van der Waals surface area (Å²) < 4.78 is 0. The molecule has 0 spiro atoms. The van der Waals surface area contributed by atoms with Crippen LogP contribution >= 0.6 is 11.3 Å². The Balaban J connectivity index is 1.99. The van der Waals surface area contributed by atoms with Crippen LogP contribution < -0.4 is 5.73 Å². The number of amides is 1. The van der Waals surface area contributed by atoms with Gasteiger partial charge in [0.2, 0.25) is 5.91 Å². The number of hydrogen-bond donors (Lipinski definition) is 1. The van der Waals surface area contributed by atoms with Crippen molar-refractivity contribution in [3.8, 4) is 0 Å². The zero-order valence-corrected chi connectivity index (χ0v) is 11.8. The van der Waals surface area contributed by atoms with Crippen molar-refractivity contribution >= 4 is 17.2 Å². The number of nitrogens with zero attached hydrogens (tertiary/aromatic N) is 1. The fourth-order valence-corrected chi connectivity index (χ4v) is 3.62. The molecule has 0 bridgehead atoms. The first-order valence-electron chi connectivity index (χ1n) is 6.82. The number of thiophene rings is 1. The van der Waals surface area contributed by atoms with E-state index in [0.29, 0.717) is 5.56 Å². The summed E-state index contributed by atoms with van der Waals surface area (Å²) in [5.74, 6) is -0.318. The first-order chi connectivity index (χ1) is 8.70. The molecule has 1 fully saturated rings. The molecule has 0 radical (unpaired) electrons. The first-order valence-corrected chi connectivity index (χ1v) is 7.70. The predicted octanol–water partition coefficient (Wildman–Crippen LogP) is 3.00. The van der Waals surface area contributed by atoms with Gasteiger partial charge in [0.25, 0.3) is 0 Å². The summed E-state index contributed by atoms with van der Waals surface area (Å²) in [7, 11) is 0. The van der Waals surface area contributed by atoms with E-state index >= 15 is 0 Å². The Kier molecular flexibility index (Phi) is 4.78. The highest BCUT2D eigenvalue weighted by Crippen LogP contribution is 2.25. The highest BCUT2D eigenvalue weighted by atomic mass is 32.1. The summed E-state index contributed by atoms with van der Waals surface area (Å²) in [4.78, 5) is 14.9. The monoisotopic (exact) mass is 266 g/mol. The third-order valence-corrected chi connectivity index (χ3v) is 4.59. The Morgan fingerprint density at radius 1 is 1.56 bits per heavy atom. The van der Waals surface area contributed by atoms with Crippen LogP contribution in [-0.2, 0) is 6.54 Å². The van der Waals surface area contributed by atoms with Crippen molar-refractivity contribution in [1.29, 1.82) is 0 Å². The van der Waals surface area contributed by atoms with Gasteiger partial charge in [-0.2, -0.15) is 0 Å². The van der Waals surface area contributed by atoms with E-state index < -0.39 is 0 Å². The van der Waals surface area contributed by atoms with Crippen LogP contribution in [0.4, 0.5) is 0 Å². The zero-order chi connectivity index (χ0) is 13.0. The van der Waals surface area contributed by atoms with Crippen LogP contribution in [-0.4, -0.2) is 23.4 Å². The number of rotatable bonds is 5. The molecule has 0 aliphatic carbocycles. The lowest BCUT2D eigenvalue weighted by Crippen LogP contribution is -2.38. The number of carbonyl (C=O) groups is 1. The van der Waals surface area contributed by atoms with E-state index in [1.807, 2.05) is 11.4 Å². The van der Waals surface area contributed by atoms with E-state index in [0.717, 1.165) is 12.6 Å². The summed E-state index contributed by atoms with van der Waals surface area (Å²) in [5, 5.41) is 1.87. The van der Waals surface area contributed by atoms with E-state index in [-0.39, 0.29) is 5.91 Å². The maximum Gasteiger partial charge on any atom is 0.249 e. The average Bonchev–Trinajstić information content (AvgIpc) is 2.81. The van der Waals surface area contributed by atoms with Crippen molar-refractivity contribution in [2.24, 2.45) is 5.73 Å². The molecule has 18 heavy (non-hydrogen) atoms. The van der Waals surface area contributed by atoms with Crippen LogP contribution in [0.2, 0.25) is 0 Å². The second-order valence-electron chi connectivity index (χ2n) is 5.07. The molecule has 2 rings (SSSR count). The lowest BCUT2D eigenvalue weighted by atomic mass is 9.98. The topological polar surface area (TPSA) is 46.3 Å². The lowest BCUT2D eigenvalue weighted by Gasteiger charge is -2.35. The minimum atomic E-state index is -0.318. The molecule has 1 saturated heterocycles. The third-order valence-electron chi connectivity index (χ3n) is 3.67. The summed E-state index contributed by atoms with van der Waals surface area (Å²) in [6.07, 6.45) is 6.51. The fraction of sp³-hybridized carbons (Fsp3) is 0.643. The van der Waals surface area contributed by atoms with Gasteiger partial charge in [0.1, 0.15) is 0 Å². The first kappa shape index (κ1) is 13.6. The Morgan fingerprint density at radius 2 is 2.39 bits per heavy atom. The van der Waals surface area contributed by atoms with Gasteiger partial charge in [-0.25, -0.2) is 0 Å². The fourth-order valence-electron chi connectivity index (χ4n) is 2.72. The average molecular weight is 266 g/mol. The Labute approximate surface area is 113 Å². The van der Waals surface area contributed by atoms with Gasteiger partial charge < -0.3 is 5.73 Å². The van der Waals surface area contributed by atoms with Crippen LogP contribution in [0.25, 0.3) is 0 Å². The van der Waals surface area contributed by atoms with E-state index in [2.05, 4.69) is 11.8 Å². The molecule has 3 nitrogen and oxygen atoms in total. The summed E-state index contributed by atoms with van der Waals surface area (Å²) in [6.45, 7) is 4.42. The molecule has 1 aliphatic heterocycles. The summed E-state index contributed by atoms with van der Waals surface area (Å²) >= 11 is 1.65. The van der Waals surface area contributed by atoms with Gasteiger partial charge in [0.15, 0.2) is 0 Å². The molecule has 4 heteroatoms. The molecular formula is C14H22N2OS. The van der Waals surface area contributed by atoms with Crippen molar-refractivity contribution in [2.75, 3.05) is 6.54 Å². The number of piperidine rings is 1. The van der Waals surface area contributed by atoms with Crippen molar-refractivity contribution < 1.29 is 4.79 Å². The van der Waals surface area contributed by atoms with Crippen molar-refractivity contribution in [3.05, 3.63) is 21.9 Å². The minimum Gasteiger partial charge on any atom is -0.366 e. The minimum absolute atomic E-state index is 0.318. The van der Waals surface area contributed by atoms with Crippen molar-refractivity contribution in [3.63, 3.8) is 0 Å². The van der Waals surface area contributed by atoms with Gasteiger partial charge in [-0.05, 0) is 31.9 Å². The normalized spacial score (nSPS) is 21.1. The Hall–Kier alpha value is -0.870. The van der Waals surface area contributed by atoms with Crippen molar-refractivity contribution in [2.45, 2.75) is 51.6 Å². The van der Waals surface area contributed by atoms with E-state index in [4.69, 9.17) is 5.73 Å². The third kappa shape index (κ3) is 3.33. The lowest BCUT2D eigenvalue weighted by molar-refractivity contribution is 0.100. The van der Waals surface area contributed by atoms with Gasteiger partial charge in [-0.15, -0.1) is 11.3 Å². The van der Waals surface area contributed by atoms with Gasteiger partial charge in [0, 0.05) is 22.8 Å². The van der Waals surface area contributed by atoms with Gasteiger partial charge in [-0.1, -0.05) is 19.8 Å². The number of nitrogens with two attached hydrogens (primary N) is 1. The second-order valence-corrected chi connectivity index (χ2v) is 6.07. The molecule has 1 aliphatic rings. The van der Waals surface area contributed by atoms with Crippen LogP contribution in [0.15, 0.2) is 11.4 Å². The standard InChI is InChI=1S/C14H22N2OS/c1-2-5-12-6-3-4-7-16(12)9-13-8-11(10-18-13)14(15)17/h8,10,12H,2-7,9H2,1H3,(H2,15,17). The molecule has 1 aromatic heterocycles. The smallest absolute Gasteiger partial charge is 0.249 e. The molecular weight excluding hydrogens is 244 g/mol. The number of likely N-dealkylation sites (tertiary alicyclic amines) is 1. The molecule has 0 aromatic carbocycles. The number of carbonyl (C=O) groups excluding carboxylic acids is 1. The van der Waals surface area contributed by atoms with Crippen LogP contribution in [0.1, 0.15) is 54.3 Å². The Bertz CT molecular complexity index is 400. The van der Waals surface area contributed by atoms with Gasteiger partial charge >= 0.3 is 0 Å². The Morgan fingerprint density at radius 3 is 3.06 bits per heavy atom. The molecule has 1 unspecified atom stereocenters. The predicted molar refractivity (Wildman–Crippen MR) is 75.8 cm³/mol. The highest BCUT2D eigenvalue weighted by molar-refractivity contribution is 7.10. The molecule has 0 saturated carbocycles. The number of hydrogen-bond acceptors (Lipinski definition) is 3. The molecule has 2 N–H and O–H groups in total. The zero-order valence-electron chi connectivity index (χ0n) is 11.0. The quantitative estimate of drug-likeness (QED) is 0.890. The molecule has 1 amide bonds. The van der Waals surface area contributed by atoms with Gasteiger partial charge in [-0.3, -0.25) is 9.69 Å².